The third-order valence-electron chi connectivity index (χ3n) is 1.83. The molecule has 0 amide bonds. The Morgan fingerprint density at radius 3 is 2.62 bits per heavy atom. The normalized spacial score (nSPS) is 13.5. The van der Waals surface area contributed by atoms with Gasteiger partial charge in [-0.05, 0) is 12.0 Å². The molecule has 0 aliphatic heterocycles. The third kappa shape index (κ3) is 4.09. The van der Waals surface area contributed by atoms with Crippen LogP contribution >= 0.6 is 11.6 Å². The van der Waals surface area contributed by atoms with Crippen LogP contribution in [0.2, 0.25) is 0 Å². The van der Waals surface area contributed by atoms with E-state index in [1.807, 2.05) is 0 Å². The Bertz CT molecular complexity index is 261. The molecule has 0 saturated heterocycles. The molecule has 1 aliphatic carbocycles. The molecule has 0 aromatic heterocycles. The van der Waals surface area contributed by atoms with Gasteiger partial charge in [0.05, 0.1) is 0 Å². The molecule has 0 radical (unpaired) electrons. The van der Waals surface area contributed by atoms with Crippen LogP contribution in [-0.4, -0.2) is 5.88 Å². The minimum absolute atomic E-state index is 0. The second kappa shape index (κ2) is 6.38. The Kier molecular flexibility index (Phi) is 6.34. The van der Waals surface area contributed by atoms with E-state index < -0.39 is 0 Å². The number of halogens is 1. The molecular formula is C11H12ClPd-. The van der Waals surface area contributed by atoms with Crippen LogP contribution in [0.25, 0.3) is 0 Å². The molecule has 0 N–H and O–H groups in total. The van der Waals surface area contributed by atoms with Crippen LogP contribution in [0.4, 0.5) is 0 Å². The largest absolute Gasteiger partial charge is 0.269 e. The van der Waals surface area contributed by atoms with Gasteiger partial charge in [-0.3, -0.25) is 6.08 Å². The van der Waals surface area contributed by atoms with Crippen LogP contribution in [0.1, 0.15) is 12.8 Å². The molecule has 0 atom stereocenters. The van der Waals surface area contributed by atoms with Crippen LogP contribution in [0.3, 0.4) is 0 Å². The molecule has 2 heteroatoms. The second-order valence-corrected chi connectivity index (χ2v) is 3.09. The smallest absolute Gasteiger partial charge is 0.0470 e. The molecule has 1 rings (SSSR count). The summed E-state index contributed by atoms with van der Waals surface area (Å²) in [6, 6.07) is 0. The minimum Gasteiger partial charge on any atom is -0.269 e. The summed E-state index contributed by atoms with van der Waals surface area (Å²) in [7, 11) is 0. The van der Waals surface area contributed by atoms with E-state index in [4.69, 9.17) is 11.6 Å². The number of rotatable bonds is 4. The quantitative estimate of drug-likeness (QED) is 0.321. The fourth-order valence-corrected chi connectivity index (χ4v) is 1.21. The van der Waals surface area contributed by atoms with Crippen molar-refractivity contribution in [2.75, 3.05) is 5.88 Å². The van der Waals surface area contributed by atoms with E-state index in [9.17, 15) is 0 Å². The SMILES string of the molecule is C=C(CCl)C(=C)CC1=[C-]CC=C1.[Pd]. The number of allylic oxidation sites excluding steroid dienone is 6. The predicted octanol–water partition coefficient (Wildman–Crippen LogP) is 3.41. The zero-order chi connectivity index (χ0) is 8.97. The van der Waals surface area contributed by atoms with Crippen molar-refractivity contribution < 1.29 is 20.4 Å². The van der Waals surface area contributed by atoms with Crippen molar-refractivity contribution in [3.05, 3.63) is 48.1 Å². The Labute approximate surface area is 98.7 Å². The van der Waals surface area contributed by atoms with Gasteiger partial charge in [-0.1, -0.05) is 18.7 Å². The maximum Gasteiger partial charge on any atom is 0.0470 e. The summed E-state index contributed by atoms with van der Waals surface area (Å²) in [5, 5.41) is 0. The fourth-order valence-electron chi connectivity index (χ4n) is 1.02. The average molecular weight is 286 g/mol. The summed E-state index contributed by atoms with van der Waals surface area (Å²) >= 11 is 5.62. The number of hydrogen-bond acceptors (Lipinski definition) is 0. The summed E-state index contributed by atoms with van der Waals surface area (Å²) in [4.78, 5) is 0. The maximum absolute atomic E-state index is 5.62. The van der Waals surface area contributed by atoms with Gasteiger partial charge in [0, 0.05) is 26.3 Å². The van der Waals surface area contributed by atoms with Crippen LogP contribution in [0, 0.1) is 6.08 Å². The van der Waals surface area contributed by atoms with Gasteiger partial charge in [0.1, 0.15) is 0 Å². The van der Waals surface area contributed by atoms with Gasteiger partial charge in [-0.25, -0.2) is 11.6 Å². The molecule has 0 unspecified atom stereocenters. The Morgan fingerprint density at radius 2 is 2.15 bits per heavy atom. The van der Waals surface area contributed by atoms with Gasteiger partial charge in [-0.15, -0.1) is 18.0 Å². The molecule has 0 saturated carbocycles. The zero-order valence-corrected chi connectivity index (χ0v) is 9.69. The predicted molar refractivity (Wildman–Crippen MR) is 54.1 cm³/mol. The van der Waals surface area contributed by atoms with Gasteiger partial charge in [0.15, 0.2) is 0 Å². The van der Waals surface area contributed by atoms with Crippen LogP contribution in [-0.2, 0) is 20.4 Å². The first-order chi connectivity index (χ1) is 5.74. The van der Waals surface area contributed by atoms with E-state index in [1.54, 1.807) is 0 Å². The van der Waals surface area contributed by atoms with E-state index in [2.05, 4.69) is 31.4 Å². The van der Waals surface area contributed by atoms with Gasteiger partial charge >= 0.3 is 0 Å². The van der Waals surface area contributed by atoms with Crippen LogP contribution in [0.15, 0.2) is 42.0 Å². The van der Waals surface area contributed by atoms with Crippen molar-refractivity contribution in [3.63, 3.8) is 0 Å². The van der Waals surface area contributed by atoms with Gasteiger partial charge in [0.25, 0.3) is 0 Å². The summed E-state index contributed by atoms with van der Waals surface area (Å²) in [6.07, 6.45) is 9.15. The molecule has 13 heavy (non-hydrogen) atoms. The summed E-state index contributed by atoms with van der Waals surface area (Å²) in [5.41, 5.74) is 3.14. The van der Waals surface area contributed by atoms with Gasteiger partial charge < -0.3 is 0 Å². The topological polar surface area (TPSA) is 0 Å². The fraction of sp³-hybridized carbons (Fsp3) is 0.273. The van der Waals surface area contributed by atoms with E-state index in [-0.39, 0.29) is 20.4 Å². The summed E-state index contributed by atoms with van der Waals surface area (Å²) in [6.45, 7) is 7.73. The molecular weight excluding hydrogens is 274 g/mol. The second-order valence-electron chi connectivity index (χ2n) is 2.83. The van der Waals surface area contributed by atoms with Crippen molar-refractivity contribution in [1.29, 1.82) is 0 Å². The first kappa shape index (κ1) is 12.9. The Balaban J connectivity index is 0.00000144. The number of alkyl halides is 1. The molecule has 0 spiro atoms. The molecule has 0 heterocycles. The van der Waals surface area contributed by atoms with Crippen molar-refractivity contribution in [2.45, 2.75) is 12.8 Å². The maximum atomic E-state index is 5.62. The van der Waals surface area contributed by atoms with Gasteiger partial charge in [0.2, 0.25) is 0 Å². The molecule has 0 fully saturated rings. The molecule has 1 aliphatic rings. The van der Waals surface area contributed by atoms with Crippen LogP contribution < -0.4 is 0 Å². The zero-order valence-electron chi connectivity index (χ0n) is 7.38. The van der Waals surface area contributed by atoms with E-state index in [1.165, 1.54) is 5.57 Å². The minimum atomic E-state index is 0. The Hall–Kier alpha value is -0.0877. The van der Waals surface area contributed by atoms with E-state index in [0.29, 0.717) is 5.88 Å². The van der Waals surface area contributed by atoms with Crippen LogP contribution in [0.5, 0.6) is 0 Å². The van der Waals surface area contributed by atoms with Crippen molar-refractivity contribution in [1.82, 2.24) is 0 Å². The van der Waals surface area contributed by atoms with E-state index in [0.717, 1.165) is 24.0 Å². The van der Waals surface area contributed by atoms with Crippen molar-refractivity contribution in [2.24, 2.45) is 0 Å². The third-order valence-corrected chi connectivity index (χ3v) is 2.15. The molecule has 74 valence electrons. The summed E-state index contributed by atoms with van der Waals surface area (Å²) < 4.78 is 0. The van der Waals surface area contributed by atoms with E-state index >= 15 is 0 Å². The standard InChI is InChI=1S/C11H12Cl.Pd/c1-9(10(2)8-12)7-11-5-3-4-6-11;/h3,5H,1-2,4,7-8H2;/q-1;. The van der Waals surface area contributed by atoms with Crippen molar-refractivity contribution >= 4 is 11.6 Å². The average Bonchev–Trinajstić information content (AvgIpc) is 2.55. The van der Waals surface area contributed by atoms with Gasteiger partial charge in [-0.2, -0.15) is 6.08 Å². The van der Waals surface area contributed by atoms with Crippen molar-refractivity contribution in [3.8, 4) is 0 Å². The molecule has 0 bridgehead atoms. The molecule has 0 aromatic rings. The monoisotopic (exact) mass is 285 g/mol. The molecule has 0 aromatic carbocycles. The first-order valence-electron chi connectivity index (χ1n) is 3.92. The summed E-state index contributed by atoms with van der Waals surface area (Å²) in [5.74, 6) is 0.468. The Morgan fingerprint density at radius 1 is 1.46 bits per heavy atom. The molecule has 0 nitrogen and oxygen atoms in total. The number of hydrogen-bond donors (Lipinski definition) is 0. The first-order valence-corrected chi connectivity index (χ1v) is 4.45.